The predicted molar refractivity (Wildman–Crippen MR) is 114 cm³/mol. The Labute approximate surface area is 174 Å². The van der Waals surface area contributed by atoms with Crippen LogP contribution in [0.4, 0.5) is 0 Å². The van der Waals surface area contributed by atoms with Crippen LogP contribution in [0.15, 0.2) is 18.2 Å². The zero-order valence-corrected chi connectivity index (χ0v) is 18.3. The van der Waals surface area contributed by atoms with E-state index in [0.29, 0.717) is 31.5 Å². The van der Waals surface area contributed by atoms with Gasteiger partial charge in [-0.1, -0.05) is 30.7 Å². The Bertz CT molecular complexity index is 818. The molecule has 0 radical (unpaired) electrons. The van der Waals surface area contributed by atoms with Crippen molar-refractivity contribution in [3.63, 3.8) is 0 Å². The van der Waals surface area contributed by atoms with E-state index in [1.807, 2.05) is 4.90 Å². The quantitative estimate of drug-likeness (QED) is 0.820. The first-order valence-electron chi connectivity index (χ1n) is 11.1. The lowest BCUT2D eigenvalue weighted by atomic mass is 9.58. The third-order valence-corrected chi connectivity index (χ3v) is 7.15. The Kier molecular flexibility index (Phi) is 5.22. The second-order valence-corrected chi connectivity index (χ2v) is 10.4. The summed E-state index contributed by atoms with van der Waals surface area (Å²) in [6, 6.07) is 6.47. The van der Waals surface area contributed by atoms with Crippen molar-refractivity contribution in [3.8, 4) is 0 Å². The topological polar surface area (TPSA) is 61.4 Å². The molecule has 1 aliphatic heterocycles. The second kappa shape index (κ2) is 7.42. The molecule has 2 N–H and O–H groups in total. The van der Waals surface area contributed by atoms with Gasteiger partial charge in [0.25, 0.3) is 0 Å². The number of rotatable bonds is 4. The van der Waals surface area contributed by atoms with Gasteiger partial charge in [0.05, 0.1) is 6.54 Å². The smallest absolute Gasteiger partial charge is 0.237 e. The van der Waals surface area contributed by atoms with Crippen LogP contribution in [0.3, 0.4) is 0 Å². The molecule has 2 fully saturated rings. The number of nitrogens with one attached hydrogen (secondary N) is 2. The minimum atomic E-state index is -0.188. The van der Waals surface area contributed by atoms with Gasteiger partial charge in [0.15, 0.2) is 0 Å². The summed E-state index contributed by atoms with van der Waals surface area (Å²) < 4.78 is 0. The molecule has 3 aliphatic rings. The van der Waals surface area contributed by atoms with Crippen molar-refractivity contribution in [1.82, 2.24) is 15.5 Å². The normalized spacial score (nSPS) is 33.3. The summed E-state index contributed by atoms with van der Waals surface area (Å²) in [5.74, 6) is 1.47. The summed E-state index contributed by atoms with van der Waals surface area (Å²) >= 11 is 0. The van der Waals surface area contributed by atoms with Gasteiger partial charge in [-0.3, -0.25) is 9.59 Å². The van der Waals surface area contributed by atoms with Crippen molar-refractivity contribution in [1.29, 1.82) is 0 Å². The van der Waals surface area contributed by atoms with E-state index in [0.717, 1.165) is 25.7 Å². The fourth-order valence-electron chi connectivity index (χ4n) is 6.60. The molecule has 4 unspecified atom stereocenters. The number of nitrogens with zero attached hydrogens (tertiary/aromatic N) is 1. The third kappa shape index (κ3) is 4.35. The van der Waals surface area contributed by atoms with Gasteiger partial charge in [-0.15, -0.1) is 0 Å². The number of amides is 2. The van der Waals surface area contributed by atoms with E-state index in [9.17, 15) is 9.59 Å². The van der Waals surface area contributed by atoms with Crippen molar-refractivity contribution in [2.24, 2.45) is 11.8 Å². The first-order chi connectivity index (χ1) is 13.7. The second-order valence-electron chi connectivity index (χ2n) is 10.4. The molecule has 0 spiro atoms. The predicted octanol–water partition coefficient (Wildman–Crippen LogP) is 3.29. The highest BCUT2D eigenvalue weighted by Gasteiger charge is 2.50. The number of hydrogen-bond donors (Lipinski definition) is 2. The molecule has 0 saturated heterocycles. The van der Waals surface area contributed by atoms with E-state index < -0.39 is 0 Å². The summed E-state index contributed by atoms with van der Waals surface area (Å²) in [4.78, 5) is 26.8. The monoisotopic (exact) mass is 397 g/mol. The molecular formula is C24H35N3O2. The lowest BCUT2D eigenvalue weighted by Gasteiger charge is -2.55. The third-order valence-electron chi connectivity index (χ3n) is 7.15. The van der Waals surface area contributed by atoms with Crippen molar-refractivity contribution in [2.45, 2.75) is 84.0 Å². The van der Waals surface area contributed by atoms with Gasteiger partial charge >= 0.3 is 0 Å². The minimum absolute atomic E-state index is 0.0388. The van der Waals surface area contributed by atoms with Crippen molar-refractivity contribution < 1.29 is 9.59 Å². The number of benzene rings is 1. The maximum absolute atomic E-state index is 13.0. The van der Waals surface area contributed by atoms with Crippen LogP contribution in [0.25, 0.3) is 0 Å². The molecule has 29 heavy (non-hydrogen) atoms. The van der Waals surface area contributed by atoms with Crippen molar-refractivity contribution >= 4 is 11.8 Å². The first kappa shape index (κ1) is 20.4. The summed E-state index contributed by atoms with van der Waals surface area (Å²) in [5.41, 5.74) is 3.54. The molecule has 2 bridgehead atoms. The largest absolute Gasteiger partial charge is 0.351 e. The summed E-state index contributed by atoms with van der Waals surface area (Å²) in [6.45, 7) is 10.0. The molecule has 1 aromatic rings. The maximum atomic E-state index is 13.0. The fraction of sp³-hybridized carbons (Fsp3) is 0.667. The van der Waals surface area contributed by atoms with Crippen LogP contribution in [0.5, 0.6) is 0 Å². The molecule has 4 atom stereocenters. The summed E-state index contributed by atoms with van der Waals surface area (Å²) in [6.07, 6.45) is 5.33. The van der Waals surface area contributed by atoms with Crippen LogP contribution in [-0.4, -0.2) is 34.3 Å². The minimum Gasteiger partial charge on any atom is -0.351 e. The highest BCUT2D eigenvalue weighted by atomic mass is 16.2. The van der Waals surface area contributed by atoms with Gasteiger partial charge in [0, 0.05) is 31.1 Å². The average molecular weight is 398 g/mol. The van der Waals surface area contributed by atoms with Crippen LogP contribution >= 0.6 is 0 Å². The summed E-state index contributed by atoms with van der Waals surface area (Å²) in [7, 11) is 0. The van der Waals surface area contributed by atoms with Crippen molar-refractivity contribution in [3.05, 3.63) is 34.9 Å². The zero-order valence-electron chi connectivity index (χ0n) is 18.3. The fourth-order valence-corrected chi connectivity index (χ4v) is 6.60. The van der Waals surface area contributed by atoms with Gasteiger partial charge < -0.3 is 15.5 Å². The molecule has 158 valence electrons. The van der Waals surface area contributed by atoms with E-state index in [-0.39, 0.29) is 22.9 Å². The Morgan fingerprint density at radius 2 is 1.93 bits per heavy atom. The van der Waals surface area contributed by atoms with Gasteiger partial charge in [-0.05, 0) is 68.9 Å². The molecular weight excluding hydrogens is 362 g/mol. The molecule has 5 heteroatoms. The first-order valence-corrected chi connectivity index (χ1v) is 11.1. The van der Waals surface area contributed by atoms with E-state index in [1.165, 1.54) is 23.1 Å². The highest BCUT2D eigenvalue weighted by molar-refractivity contribution is 5.79. The molecule has 1 aromatic carbocycles. The van der Waals surface area contributed by atoms with Crippen molar-refractivity contribution in [2.75, 3.05) is 6.54 Å². The van der Waals surface area contributed by atoms with E-state index in [1.54, 1.807) is 6.92 Å². The molecule has 1 heterocycles. The Hall–Kier alpha value is -1.88. The molecule has 0 aromatic heterocycles. The maximum Gasteiger partial charge on any atom is 0.237 e. The number of aryl methyl sites for hydroxylation is 1. The Morgan fingerprint density at radius 3 is 2.69 bits per heavy atom. The standard InChI is InChI=1S/C24H35N3O2/c1-16-5-6-20-13-27(14-21(20)8-16)22(29)12-25-24-9-17(2)7-19(11-24)10-23(4,15-24)26-18(3)28/h5-6,8,17,19,25H,7,9-15H2,1-4H3,(H,26,28). The van der Waals surface area contributed by atoms with E-state index >= 15 is 0 Å². The number of hydrogen-bond acceptors (Lipinski definition) is 3. The highest BCUT2D eigenvalue weighted by Crippen LogP contribution is 2.48. The lowest BCUT2D eigenvalue weighted by Crippen LogP contribution is -2.64. The molecule has 4 rings (SSSR count). The van der Waals surface area contributed by atoms with Gasteiger partial charge in [-0.2, -0.15) is 0 Å². The van der Waals surface area contributed by atoms with Crippen LogP contribution in [-0.2, 0) is 22.7 Å². The lowest BCUT2D eigenvalue weighted by molar-refractivity contribution is -0.132. The molecule has 2 aliphatic carbocycles. The van der Waals surface area contributed by atoms with Crippen LogP contribution in [0, 0.1) is 18.8 Å². The average Bonchev–Trinajstić information content (AvgIpc) is 3.00. The van der Waals surface area contributed by atoms with Crippen LogP contribution in [0.1, 0.15) is 69.6 Å². The zero-order chi connectivity index (χ0) is 20.8. The molecule has 2 saturated carbocycles. The molecule has 5 nitrogen and oxygen atoms in total. The van der Waals surface area contributed by atoms with Gasteiger partial charge in [-0.25, -0.2) is 0 Å². The van der Waals surface area contributed by atoms with Crippen LogP contribution in [0.2, 0.25) is 0 Å². The Morgan fingerprint density at radius 1 is 1.17 bits per heavy atom. The van der Waals surface area contributed by atoms with Crippen LogP contribution < -0.4 is 10.6 Å². The Balaban J connectivity index is 1.43. The number of carbonyl (C=O) groups is 2. The summed E-state index contributed by atoms with van der Waals surface area (Å²) in [5, 5.41) is 6.91. The van der Waals surface area contributed by atoms with E-state index in [4.69, 9.17) is 0 Å². The van der Waals surface area contributed by atoms with E-state index in [2.05, 4.69) is 49.6 Å². The molecule has 2 amide bonds. The SMILES string of the molecule is CC(=O)NC1(C)CC2CC(C)CC(NCC(=O)N3Cc4ccc(C)cc4C3)(C2)C1. The van der Waals surface area contributed by atoms with Gasteiger partial charge in [0.1, 0.15) is 0 Å². The van der Waals surface area contributed by atoms with Gasteiger partial charge in [0.2, 0.25) is 11.8 Å². The number of carbonyl (C=O) groups excluding carboxylic acids is 2. The number of fused-ring (bicyclic) bond motifs is 3.